The molecule has 0 fully saturated rings. The van der Waals surface area contributed by atoms with Gasteiger partial charge in [0.25, 0.3) is 0 Å². The summed E-state index contributed by atoms with van der Waals surface area (Å²) in [4.78, 5) is 0. The van der Waals surface area contributed by atoms with Gasteiger partial charge in [0.05, 0.1) is 9.83 Å². The Labute approximate surface area is 621 Å². The van der Waals surface area contributed by atoms with Crippen molar-refractivity contribution in [2.75, 3.05) is 6.26 Å². The number of hydrogen-bond donors (Lipinski definition) is 1. The van der Waals surface area contributed by atoms with E-state index in [2.05, 4.69) is 11.7 Å². The van der Waals surface area contributed by atoms with Crippen molar-refractivity contribution in [2.24, 2.45) is 0 Å². The molecule has 0 aliphatic carbocycles. The fraction of sp³-hybridized carbons (Fsp3) is 1.00. The molecule has 1 nitrogen and oxygen atoms in total. The van der Waals surface area contributed by atoms with Gasteiger partial charge in [0.15, 0.2) is 0 Å². The molecular formula is CH4OS64. The minimum absolute atomic E-state index is 1.12. The first-order valence-electron chi connectivity index (χ1n) is 11.1. The van der Waals surface area contributed by atoms with E-state index in [4.69, 9.17) is 22.4 Å². The van der Waals surface area contributed by atoms with E-state index in [0.29, 0.717) is 0 Å². The number of rotatable bonds is 60. The SMILES string of the molecule is CS(=O)S(=S)(=S)SSSSSSSSSSSSSSSSSSSSSSSSSSSSSSSSSSSSSSSSSSSSSSSSSSSSSSSSSSSS. The van der Waals surface area contributed by atoms with Crippen LogP contribution in [-0.4, -0.2) is 10.5 Å². The van der Waals surface area contributed by atoms with E-state index >= 15 is 0 Å². The summed E-state index contributed by atoms with van der Waals surface area (Å²) in [6.45, 7) is 0. The lowest BCUT2D eigenvalue weighted by molar-refractivity contribution is 0.695. The minimum atomic E-state index is -1.91. The van der Waals surface area contributed by atoms with Crippen LogP contribution in [0.5, 0.6) is 0 Å². The van der Waals surface area contributed by atoms with Gasteiger partial charge in [-0.1, -0.05) is 11.7 Å². The van der Waals surface area contributed by atoms with Crippen molar-refractivity contribution >= 4 is 629 Å². The van der Waals surface area contributed by atoms with Gasteiger partial charge < -0.3 is 0 Å². The maximum Gasteiger partial charge on any atom is 0.0948 e. The third-order valence-electron chi connectivity index (χ3n) is 1.98. The Kier molecular flexibility index (Phi) is 106. The van der Waals surface area contributed by atoms with Crippen LogP contribution in [0.2, 0.25) is 0 Å². The minimum Gasteiger partial charge on any atom is -0.247 e. The van der Waals surface area contributed by atoms with Crippen molar-refractivity contribution < 1.29 is 4.21 Å². The van der Waals surface area contributed by atoms with Gasteiger partial charge >= 0.3 is 0 Å². The predicted molar refractivity (Wildman–Crippen MR) is 493 cm³/mol. The molecule has 398 valence electrons. The topological polar surface area (TPSA) is 17.1 Å². The first-order chi connectivity index (χ1) is 32.5. The molecule has 0 aliphatic rings. The van der Waals surface area contributed by atoms with Gasteiger partial charge in [-0.25, -0.2) is 4.21 Å². The molecule has 0 aromatic rings. The van der Waals surface area contributed by atoms with Crippen molar-refractivity contribution in [1.29, 1.82) is 0 Å². The molecule has 0 rings (SSSR count). The first kappa shape index (κ1) is 87.9. The summed E-state index contributed by atoms with van der Waals surface area (Å²) in [5.74, 6) is 0. The second-order valence-electron chi connectivity index (χ2n) is 4.83. The van der Waals surface area contributed by atoms with E-state index in [1.807, 2.05) is 383 Å². The second kappa shape index (κ2) is 79.4. The van der Waals surface area contributed by atoms with Crippen LogP contribution in [0.1, 0.15) is 0 Å². The van der Waals surface area contributed by atoms with E-state index in [1.165, 1.54) is 29.5 Å². The Morgan fingerprint density at radius 3 is 0.455 bits per heavy atom. The standard InChI is InChI=1S/CH4OS64/c1-65(2)66(4,5)64-63-62-61-60-59-58-57-56-55-54-53-52-51-50-49-48-47-46-45-44-43-42-41-40-39-38-37-36-35-34-33-32-31-30-29-28-27-26-25-24-23-22-21-20-19-18-17-16-15-14-13-12-11-10-9-8-7-6-3/h3H,1H3. The van der Waals surface area contributed by atoms with Gasteiger partial charge in [-0.2, -0.15) is 0 Å². The lowest BCUT2D eigenvalue weighted by atomic mass is 12.0. The molecule has 0 spiro atoms. The molecule has 0 bridgehead atoms. The number of thiol groups is 1. The van der Waals surface area contributed by atoms with Crippen molar-refractivity contribution in [3.63, 3.8) is 0 Å². The Bertz CT molecular complexity index is 996. The summed E-state index contributed by atoms with van der Waals surface area (Å²) in [6.07, 6.45) is 1.60. The van der Waals surface area contributed by atoms with E-state index in [0.717, 1.165) is 0 Å². The van der Waals surface area contributed by atoms with Crippen molar-refractivity contribution in [3.05, 3.63) is 0 Å². The Balaban J connectivity index is 3.09. The summed E-state index contributed by atoms with van der Waals surface area (Å²) in [5.41, 5.74) is 0. The molecule has 0 saturated carbocycles. The monoisotopic (exact) mass is 2080 g/mol. The molecule has 0 radical (unpaired) electrons. The lowest BCUT2D eigenvalue weighted by Gasteiger charge is -2.03. The third kappa shape index (κ3) is 78.4. The average molecular weight is 2080 g/mol. The summed E-state index contributed by atoms with van der Waals surface area (Å²) >= 11 is 14.5. The van der Waals surface area contributed by atoms with E-state index in [1.54, 1.807) is 173 Å². The quantitative estimate of drug-likeness (QED) is 0.0354. The van der Waals surface area contributed by atoms with Crippen LogP contribution in [0.4, 0.5) is 0 Å². The summed E-state index contributed by atoms with van der Waals surface area (Å²) < 4.78 is 11.5. The molecule has 0 aromatic heterocycles. The van der Waals surface area contributed by atoms with Crippen LogP contribution in [0.3, 0.4) is 0 Å². The molecule has 0 heterocycles. The zero-order valence-corrected chi connectivity index (χ0v) is 79.9. The molecule has 1 unspecified atom stereocenters. The maximum absolute atomic E-state index is 11.5. The molecule has 0 aromatic carbocycles. The Morgan fingerprint density at radius 1 is 0.242 bits per heavy atom. The molecule has 65 heteroatoms. The zero-order chi connectivity index (χ0) is 47.8. The van der Waals surface area contributed by atoms with Crippen LogP contribution < -0.4 is 0 Å². The fourth-order valence-corrected chi connectivity index (χ4v) is 169. The van der Waals surface area contributed by atoms with Crippen LogP contribution in [0.15, 0.2) is 0 Å². The summed E-state index contributed by atoms with van der Waals surface area (Å²) in [5, 5.41) is -1.91. The van der Waals surface area contributed by atoms with Crippen molar-refractivity contribution in [2.45, 2.75) is 0 Å². The van der Waals surface area contributed by atoms with Crippen LogP contribution >= 0.6 is 591 Å². The normalized spacial score (nSPS) is 12.5. The maximum atomic E-state index is 11.5. The van der Waals surface area contributed by atoms with Gasteiger partial charge in [0, 0.05) is 513 Å². The molecule has 0 aliphatic heterocycles. The first-order valence-corrected chi connectivity index (χ1v) is 96.4. The van der Waals surface area contributed by atoms with Crippen LogP contribution in [-0.2, 0) is 37.4 Å². The summed E-state index contributed by atoms with van der Waals surface area (Å²) in [7, 11) is 104. The highest BCUT2D eigenvalue weighted by atomic mass is 34.1. The van der Waals surface area contributed by atoms with Gasteiger partial charge in [-0.3, -0.25) is 0 Å². The van der Waals surface area contributed by atoms with E-state index in [-0.39, 0.29) is 0 Å². The molecule has 0 amide bonds. The smallest absolute Gasteiger partial charge is 0.0948 e. The van der Waals surface area contributed by atoms with Crippen molar-refractivity contribution in [3.8, 4) is 0 Å². The Hall–Kier alpha value is 21.9. The van der Waals surface area contributed by atoms with Gasteiger partial charge in [0.2, 0.25) is 0 Å². The lowest BCUT2D eigenvalue weighted by Crippen LogP contribution is -1.94. The highest BCUT2D eigenvalue weighted by Gasteiger charge is 2.10. The molecule has 0 N–H and O–H groups in total. The number of hydrogen-bond acceptors (Lipinski definition) is 63. The van der Waals surface area contributed by atoms with E-state index < -0.39 is 15.0 Å². The predicted octanol–water partition coefficient (Wildman–Crippen LogP) is 38.4. The van der Waals surface area contributed by atoms with Gasteiger partial charge in [0.1, 0.15) is 0 Å². The highest BCUT2D eigenvalue weighted by molar-refractivity contribution is 9.64. The van der Waals surface area contributed by atoms with Gasteiger partial charge in [-0.05, 0) is 101 Å². The van der Waals surface area contributed by atoms with Crippen molar-refractivity contribution in [1.82, 2.24) is 0 Å². The summed E-state index contributed by atoms with van der Waals surface area (Å²) in [6, 6.07) is 0. The van der Waals surface area contributed by atoms with Crippen LogP contribution in [0, 0.1) is 0 Å². The van der Waals surface area contributed by atoms with E-state index in [9.17, 15) is 4.21 Å². The second-order valence-corrected chi connectivity index (χ2v) is 122. The average Bonchev–Trinajstić information content (AvgIpc) is 3.31. The molecule has 1 atom stereocenters. The van der Waals surface area contributed by atoms with Crippen LogP contribution in [0.25, 0.3) is 0 Å². The third-order valence-corrected chi connectivity index (χ3v) is 145. The largest absolute Gasteiger partial charge is 0.247 e. The van der Waals surface area contributed by atoms with Gasteiger partial charge in [-0.15, -0.1) is 0 Å². The zero-order valence-electron chi connectivity index (χ0n) is 27.6. The highest BCUT2D eigenvalue weighted by Crippen LogP contribution is 2.70. The molecular weight excluding hydrogens is 2080 g/mol. The fourth-order valence-electron chi connectivity index (χ4n) is 0.721. The molecule has 66 heavy (non-hydrogen) atoms. The Morgan fingerprint density at radius 2 is 0.348 bits per heavy atom. The molecule has 0 saturated heterocycles.